The SMILES string of the molecule is C/C(=C\c1ccccc1)C1(C(C)O)CC1. The first-order chi connectivity index (χ1) is 7.15. The monoisotopic (exact) mass is 202 g/mol. The first-order valence-corrected chi connectivity index (χ1v) is 5.57. The highest BCUT2D eigenvalue weighted by molar-refractivity contribution is 5.55. The second kappa shape index (κ2) is 3.82. The molecule has 1 aliphatic carbocycles. The van der Waals surface area contributed by atoms with Crippen molar-refractivity contribution >= 4 is 6.08 Å². The molecule has 2 rings (SSSR count). The van der Waals surface area contributed by atoms with Crippen molar-refractivity contribution in [3.05, 3.63) is 41.5 Å². The standard InChI is InChI=1S/C14H18O/c1-11(14(8-9-14)12(2)15)10-13-6-4-3-5-7-13/h3-7,10,12,15H,8-9H2,1-2H3/b11-10+. The van der Waals surface area contributed by atoms with Crippen LogP contribution in [0.1, 0.15) is 32.3 Å². The third-order valence-electron chi connectivity index (χ3n) is 3.56. The molecule has 0 heterocycles. The minimum Gasteiger partial charge on any atom is -0.393 e. The van der Waals surface area contributed by atoms with Gasteiger partial charge in [0.05, 0.1) is 6.10 Å². The first-order valence-electron chi connectivity index (χ1n) is 5.57. The van der Waals surface area contributed by atoms with Crippen molar-refractivity contribution < 1.29 is 5.11 Å². The minimum atomic E-state index is -0.225. The van der Waals surface area contributed by atoms with Crippen LogP contribution in [-0.2, 0) is 0 Å². The summed E-state index contributed by atoms with van der Waals surface area (Å²) < 4.78 is 0. The second-order valence-electron chi connectivity index (χ2n) is 4.57. The number of hydrogen-bond acceptors (Lipinski definition) is 1. The van der Waals surface area contributed by atoms with Crippen molar-refractivity contribution in [2.45, 2.75) is 32.8 Å². The Hall–Kier alpha value is -1.08. The van der Waals surface area contributed by atoms with E-state index < -0.39 is 0 Å². The van der Waals surface area contributed by atoms with Gasteiger partial charge in [0.25, 0.3) is 0 Å². The van der Waals surface area contributed by atoms with Gasteiger partial charge in [0.15, 0.2) is 0 Å². The average molecular weight is 202 g/mol. The van der Waals surface area contributed by atoms with E-state index in [1.807, 2.05) is 25.1 Å². The minimum absolute atomic E-state index is 0.0792. The van der Waals surface area contributed by atoms with Gasteiger partial charge in [-0.25, -0.2) is 0 Å². The van der Waals surface area contributed by atoms with E-state index >= 15 is 0 Å². The van der Waals surface area contributed by atoms with E-state index in [4.69, 9.17) is 0 Å². The van der Waals surface area contributed by atoms with E-state index in [1.165, 1.54) is 11.1 Å². The predicted molar refractivity (Wildman–Crippen MR) is 63.4 cm³/mol. The zero-order valence-electron chi connectivity index (χ0n) is 9.40. The van der Waals surface area contributed by atoms with Crippen LogP contribution in [0.5, 0.6) is 0 Å². The van der Waals surface area contributed by atoms with Gasteiger partial charge in [-0.15, -0.1) is 0 Å². The number of rotatable bonds is 3. The zero-order chi connectivity index (χ0) is 10.9. The second-order valence-corrected chi connectivity index (χ2v) is 4.57. The summed E-state index contributed by atoms with van der Waals surface area (Å²) in [6.07, 6.45) is 4.22. The van der Waals surface area contributed by atoms with E-state index in [0.717, 1.165) is 12.8 Å². The van der Waals surface area contributed by atoms with E-state index in [9.17, 15) is 5.11 Å². The molecule has 0 spiro atoms. The molecule has 1 heteroatoms. The van der Waals surface area contributed by atoms with Crippen LogP contribution in [0.2, 0.25) is 0 Å². The molecule has 0 radical (unpaired) electrons. The van der Waals surface area contributed by atoms with E-state index in [0.29, 0.717) is 0 Å². The van der Waals surface area contributed by atoms with Crippen molar-refractivity contribution in [2.24, 2.45) is 5.41 Å². The van der Waals surface area contributed by atoms with E-state index in [1.54, 1.807) is 0 Å². The molecule has 15 heavy (non-hydrogen) atoms. The third-order valence-corrected chi connectivity index (χ3v) is 3.56. The molecule has 1 unspecified atom stereocenters. The van der Waals surface area contributed by atoms with Gasteiger partial charge in [0, 0.05) is 5.41 Å². The largest absolute Gasteiger partial charge is 0.393 e. The van der Waals surface area contributed by atoms with Crippen LogP contribution in [0.3, 0.4) is 0 Å². The maximum atomic E-state index is 9.75. The summed E-state index contributed by atoms with van der Waals surface area (Å²) in [5, 5.41) is 9.75. The molecular weight excluding hydrogens is 184 g/mol. The van der Waals surface area contributed by atoms with Crippen molar-refractivity contribution in [3.63, 3.8) is 0 Å². The Morgan fingerprint density at radius 1 is 1.33 bits per heavy atom. The molecule has 1 atom stereocenters. The van der Waals surface area contributed by atoms with Crippen LogP contribution in [0.15, 0.2) is 35.9 Å². The van der Waals surface area contributed by atoms with Gasteiger partial charge in [0.1, 0.15) is 0 Å². The molecule has 1 aromatic carbocycles. The molecule has 0 bridgehead atoms. The molecule has 1 N–H and O–H groups in total. The first kappa shape index (κ1) is 10.4. The molecule has 80 valence electrons. The summed E-state index contributed by atoms with van der Waals surface area (Å²) >= 11 is 0. The fourth-order valence-corrected chi connectivity index (χ4v) is 2.22. The van der Waals surface area contributed by atoms with Gasteiger partial charge >= 0.3 is 0 Å². The summed E-state index contributed by atoms with van der Waals surface area (Å²) in [7, 11) is 0. The molecule has 0 saturated heterocycles. The number of aliphatic hydroxyl groups excluding tert-OH is 1. The van der Waals surface area contributed by atoms with Crippen LogP contribution in [-0.4, -0.2) is 11.2 Å². The number of hydrogen-bond donors (Lipinski definition) is 1. The maximum Gasteiger partial charge on any atom is 0.0605 e. The number of benzene rings is 1. The molecule has 1 aromatic rings. The zero-order valence-corrected chi connectivity index (χ0v) is 9.40. The Balaban J connectivity index is 2.22. The molecule has 0 aromatic heterocycles. The summed E-state index contributed by atoms with van der Waals surface area (Å²) in [6.45, 7) is 4.03. The third kappa shape index (κ3) is 1.98. The highest BCUT2D eigenvalue weighted by Gasteiger charge is 2.48. The van der Waals surface area contributed by atoms with Gasteiger partial charge in [-0.1, -0.05) is 42.0 Å². The van der Waals surface area contributed by atoms with Crippen LogP contribution in [0, 0.1) is 5.41 Å². The van der Waals surface area contributed by atoms with Crippen LogP contribution in [0.4, 0.5) is 0 Å². The Labute approximate surface area is 91.4 Å². The molecule has 1 nitrogen and oxygen atoms in total. The molecule has 0 aliphatic heterocycles. The summed E-state index contributed by atoms with van der Waals surface area (Å²) in [4.78, 5) is 0. The van der Waals surface area contributed by atoms with Gasteiger partial charge in [-0.05, 0) is 32.3 Å². The van der Waals surface area contributed by atoms with Gasteiger partial charge in [-0.3, -0.25) is 0 Å². The molecule has 0 amide bonds. The van der Waals surface area contributed by atoms with E-state index in [2.05, 4.69) is 25.1 Å². The highest BCUT2D eigenvalue weighted by atomic mass is 16.3. The van der Waals surface area contributed by atoms with Crippen molar-refractivity contribution in [1.82, 2.24) is 0 Å². The summed E-state index contributed by atoms with van der Waals surface area (Å²) in [5.41, 5.74) is 2.61. The predicted octanol–water partition coefficient (Wildman–Crippen LogP) is 3.25. The lowest BCUT2D eigenvalue weighted by atomic mass is 9.90. The molecule has 1 fully saturated rings. The lowest BCUT2D eigenvalue weighted by Crippen LogP contribution is -2.18. The van der Waals surface area contributed by atoms with Crippen LogP contribution >= 0.6 is 0 Å². The fourth-order valence-electron chi connectivity index (χ4n) is 2.22. The van der Waals surface area contributed by atoms with Gasteiger partial charge in [-0.2, -0.15) is 0 Å². The molecule has 1 saturated carbocycles. The average Bonchev–Trinajstić information content (AvgIpc) is 2.99. The Morgan fingerprint density at radius 2 is 1.93 bits per heavy atom. The van der Waals surface area contributed by atoms with Gasteiger partial charge < -0.3 is 5.11 Å². The quantitative estimate of drug-likeness (QED) is 0.797. The lowest BCUT2D eigenvalue weighted by Gasteiger charge is -2.19. The smallest absolute Gasteiger partial charge is 0.0605 e. The Bertz CT molecular complexity index is 358. The van der Waals surface area contributed by atoms with Gasteiger partial charge in [0.2, 0.25) is 0 Å². The van der Waals surface area contributed by atoms with E-state index in [-0.39, 0.29) is 11.5 Å². The normalized spacial score (nSPS) is 21.1. The Morgan fingerprint density at radius 3 is 2.40 bits per heavy atom. The Kier molecular flexibility index (Phi) is 2.66. The maximum absolute atomic E-state index is 9.75. The molecule has 1 aliphatic rings. The van der Waals surface area contributed by atoms with Crippen LogP contribution in [0.25, 0.3) is 6.08 Å². The highest BCUT2D eigenvalue weighted by Crippen LogP contribution is 2.54. The topological polar surface area (TPSA) is 20.2 Å². The van der Waals surface area contributed by atoms with Crippen molar-refractivity contribution in [1.29, 1.82) is 0 Å². The van der Waals surface area contributed by atoms with Crippen LogP contribution < -0.4 is 0 Å². The number of aliphatic hydroxyl groups is 1. The summed E-state index contributed by atoms with van der Waals surface area (Å²) in [5.74, 6) is 0. The van der Waals surface area contributed by atoms with Crippen molar-refractivity contribution in [3.8, 4) is 0 Å². The summed E-state index contributed by atoms with van der Waals surface area (Å²) in [6, 6.07) is 10.3. The fraction of sp³-hybridized carbons (Fsp3) is 0.429. The lowest BCUT2D eigenvalue weighted by molar-refractivity contribution is 0.131. The van der Waals surface area contributed by atoms with Crippen molar-refractivity contribution in [2.75, 3.05) is 0 Å². The molecular formula is C14H18O.